The summed E-state index contributed by atoms with van der Waals surface area (Å²) in [6, 6.07) is 13.9. The summed E-state index contributed by atoms with van der Waals surface area (Å²) in [6.07, 6.45) is -0.450. The van der Waals surface area contributed by atoms with E-state index in [1.54, 1.807) is 6.92 Å². The fraction of sp³-hybridized carbons (Fsp3) is 0.176. The van der Waals surface area contributed by atoms with E-state index in [1.807, 2.05) is 37.3 Å². The Bertz CT molecular complexity index is 833. The summed E-state index contributed by atoms with van der Waals surface area (Å²) < 4.78 is 4.88. The van der Waals surface area contributed by atoms with Crippen molar-refractivity contribution in [2.75, 3.05) is 11.9 Å². The molecule has 5 heteroatoms. The number of amides is 1. The minimum absolute atomic E-state index is 0. The van der Waals surface area contributed by atoms with Gasteiger partial charge in [-0.05, 0) is 31.4 Å². The molecule has 0 spiro atoms. The maximum Gasteiger partial charge on any atom is 0.411 e. The van der Waals surface area contributed by atoms with E-state index in [9.17, 15) is 4.79 Å². The molecule has 0 bridgehead atoms. The van der Waals surface area contributed by atoms with Crippen molar-refractivity contribution in [2.45, 2.75) is 13.8 Å². The van der Waals surface area contributed by atoms with Gasteiger partial charge in [-0.1, -0.05) is 30.3 Å². The average Bonchev–Trinajstić information content (AvgIpc) is 2.47. The second kappa shape index (κ2) is 6.62. The van der Waals surface area contributed by atoms with Gasteiger partial charge in [-0.2, -0.15) is 0 Å². The van der Waals surface area contributed by atoms with Crippen molar-refractivity contribution in [2.24, 2.45) is 0 Å². The van der Waals surface area contributed by atoms with Crippen LogP contribution in [0.3, 0.4) is 0 Å². The number of aryl methyl sites for hydroxylation is 1. The highest BCUT2D eigenvalue weighted by Crippen LogP contribution is 2.27. The van der Waals surface area contributed by atoms with Gasteiger partial charge in [0.15, 0.2) is 0 Å². The van der Waals surface area contributed by atoms with E-state index in [-0.39, 0.29) is 12.4 Å². The molecular weight excluding hydrogens is 300 g/mol. The number of ether oxygens (including phenoxy) is 1. The largest absolute Gasteiger partial charge is 0.450 e. The number of aromatic nitrogens is 1. The fourth-order valence-corrected chi connectivity index (χ4v) is 2.49. The third-order valence-electron chi connectivity index (χ3n) is 3.41. The number of pyridine rings is 1. The van der Waals surface area contributed by atoms with Crippen molar-refractivity contribution in [3.8, 4) is 0 Å². The van der Waals surface area contributed by atoms with Crippen molar-refractivity contribution in [3.63, 3.8) is 0 Å². The van der Waals surface area contributed by atoms with E-state index >= 15 is 0 Å². The molecule has 0 aliphatic carbocycles. The van der Waals surface area contributed by atoms with Crippen LogP contribution in [0.25, 0.3) is 21.7 Å². The summed E-state index contributed by atoms with van der Waals surface area (Å²) in [7, 11) is 0. The van der Waals surface area contributed by atoms with Crippen LogP contribution in [0.15, 0.2) is 42.5 Å². The number of rotatable bonds is 2. The van der Waals surface area contributed by atoms with Gasteiger partial charge in [0, 0.05) is 22.2 Å². The number of hydrogen-bond donors (Lipinski definition) is 1. The van der Waals surface area contributed by atoms with E-state index in [4.69, 9.17) is 4.74 Å². The first-order valence-electron chi connectivity index (χ1n) is 6.92. The maximum atomic E-state index is 11.5. The van der Waals surface area contributed by atoms with Crippen LogP contribution in [0.1, 0.15) is 12.6 Å². The van der Waals surface area contributed by atoms with E-state index in [0.29, 0.717) is 12.3 Å². The van der Waals surface area contributed by atoms with Crippen LogP contribution in [0.2, 0.25) is 0 Å². The molecule has 4 nitrogen and oxygen atoms in total. The number of halogens is 1. The zero-order valence-electron chi connectivity index (χ0n) is 12.4. The monoisotopic (exact) mass is 316 g/mol. The molecule has 0 atom stereocenters. The first-order valence-corrected chi connectivity index (χ1v) is 6.92. The third kappa shape index (κ3) is 2.97. The third-order valence-corrected chi connectivity index (χ3v) is 3.41. The van der Waals surface area contributed by atoms with Crippen LogP contribution in [-0.2, 0) is 4.74 Å². The van der Waals surface area contributed by atoms with Crippen LogP contribution < -0.4 is 5.32 Å². The van der Waals surface area contributed by atoms with Gasteiger partial charge >= 0.3 is 6.09 Å². The molecule has 1 heterocycles. The molecule has 0 saturated heterocycles. The number of hydrogen-bond acceptors (Lipinski definition) is 3. The number of fused-ring (bicyclic) bond motifs is 3. The number of anilines is 1. The quantitative estimate of drug-likeness (QED) is 0.698. The number of nitrogens with zero attached hydrogens (tertiary/aromatic N) is 1. The van der Waals surface area contributed by atoms with Crippen molar-refractivity contribution in [3.05, 3.63) is 48.2 Å². The molecule has 114 valence electrons. The minimum atomic E-state index is -0.450. The highest BCUT2D eigenvalue weighted by Gasteiger charge is 2.07. The van der Waals surface area contributed by atoms with Gasteiger partial charge in [-0.3, -0.25) is 10.3 Å². The Hall–Kier alpha value is -2.33. The van der Waals surface area contributed by atoms with Crippen LogP contribution in [0, 0.1) is 6.92 Å². The van der Waals surface area contributed by atoms with Crippen LogP contribution in [-0.4, -0.2) is 17.7 Å². The molecule has 0 unspecified atom stereocenters. The lowest BCUT2D eigenvalue weighted by Gasteiger charge is -2.09. The zero-order valence-corrected chi connectivity index (χ0v) is 13.2. The SMILES string of the molecule is CCOC(=O)Nc1ccc2c(c1)nc(C)c1ccccc12.Cl. The smallest absolute Gasteiger partial charge is 0.411 e. The first-order chi connectivity index (χ1) is 10.2. The van der Waals surface area contributed by atoms with Gasteiger partial charge in [0.25, 0.3) is 0 Å². The van der Waals surface area contributed by atoms with Crippen molar-refractivity contribution in [1.82, 2.24) is 4.98 Å². The predicted molar refractivity (Wildman–Crippen MR) is 91.9 cm³/mol. The summed E-state index contributed by atoms with van der Waals surface area (Å²) in [5.74, 6) is 0. The number of carbonyl (C=O) groups excluding carboxylic acids is 1. The Morgan fingerprint density at radius 3 is 2.59 bits per heavy atom. The molecule has 0 aliphatic heterocycles. The van der Waals surface area contributed by atoms with Crippen LogP contribution in [0.4, 0.5) is 10.5 Å². The minimum Gasteiger partial charge on any atom is -0.450 e. The molecule has 22 heavy (non-hydrogen) atoms. The lowest BCUT2D eigenvalue weighted by molar-refractivity contribution is 0.168. The second-order valence-corrected chi connectivity index (χ2v) is 4.82. The standard InChI is InChI=1S/C17H16N2O2.ClH/c1-3-21-17(20)19-12-8-9-15-14-7-5-4-6-13(14)11(2)18-16(15)10-12;/h4-10H,3H2,1-2H3,(H,19,20);1H. The van der Waals surface area contributed by atoms with Gasteiger partial charge in [-0.25, -0.2) is 4.79 Å². The fourth-order valence-electron chi connectivity index (χ4n) is 2.49. The van der Waals surface area contributed by atoms with E-state index in [2.05, 4.69) is 22.4 Å². The molecule has 1 amide bonds. The van der Waals surface area contributed by atoms with Crippen molar-refractivity contribution in [1.29, 1.82) is 0 Å². The molecule has 0 aliphatic rings. The normalized spacial score (nSPS) is 10.3. The second-order valence-electron chi connectivity index (χ2n) is 4.82. The summed E-state index contributed by atoms with van der Waals surface area (Å²) in [4.78, 5) is 16.1. The van der Waals surface area contributed by atoms with Gasteiger partial charge in [-0.15, -0.1) is 12.4 Å². The Labute approximate surface area is 134 Å². The summed E-state index contributed by atoms with van der Waals surface area (Å²) in [5.41, 5.74) is 2.52. The first kappa shape index (κ1) is 16.0. The van der Waals surface area contributed by atoms with E-state index in [1.165, 1.54) is 5.39 Å². The molecule has 3 rings (SSSR count). The van der Waals surface area contributed by atoms with Gasteiger partial charge in [0.2, 0.25) is 0 Å². The van der Waals surface area contributed by atoms with E-state index in [0.717, 1.165) is 22.0 Å². The lowest BCUT2D eigenvalue weighted by Crippen LogP contribution is -2.13. The Balaban J connectivity index is 0.00000176. The molecule has 0 fully saturated rings. The molecule has 0 saturated carbocycles. The maximum absolute atomic E-state index is 11.5. The molecule has 1 aromatic heterocycles. The Kier molecular flexibility index (Phi) is 4.83. The average molecular weight is 317 g/mol. The van der Waals surface area contributed by atoms with Crippen molar-refractivity contribution < 1.29 is 9.53 Å². The molecule has 3 aromatic rings. The highest BCUT2D eigenvalue weighted by molar-refractivity contribution is 6.07. The summed E-state index contributed by atoms with van der Waals surface area (Å²) in [6.45, 7) is 4.12. The molecule has 1 N–H and O–H groups in total. The number of carbonyl (C=O) groups is 1. The zero-order chi connectivity index (χ0) is 14.8. The van der Waals surface area contributed by atoms with Gasteiger partial charge in [0.05, 0.1) is 12.1 Å². The van der Waals surface area contributed by atoms with Gasteiger partial charge < -0.3 is 4.74 Å². The Morgan fingerprint density at radius 2 is 1.86 bits per heavy atom. The molecular formula is C17H17ClN2O2. The molecule has 2 aromatic carbocycles. The van der Waals surface area contributed by atoms with Crippen LogP contribution >= 0.6 is 12.4 Å². The van der Waals surface area contributed by atoms with Gasteiger partial charge in [0.1, 0.15) is 0 Å². The van der Waals surface area contributed by atoms with Crippen molar-refractivity contribution >= 4 is 45.9 Å². The summed E-state index contributed by atoms with van der Waals surface area (Å²) in [5, 5.41) is 6.09. The number of benzene rings is 2. The highest BCUT2D eigenvalue weighted by atomic mass is 35.5. The topological polar surface area (TPSA) is 51.2 Å². The van der Waals surface area contributed by atoms with Crippen LogP contribution in [0.5, 0.6) is 0 Å². The van der Waals surface area contributed by atoms with E-state index < -0.39 is 6.09 Å². The predicted octanol–water partition coefficient (Wildman–Crippen LogP) is 4.69. The summed E-state index contributed by atoms with van der Waals surface area (Å²) >= 11 is 0. The lowest BCUT2D eigenvalue weighted by atomic mass is 10.0. The Morgan fingerprint density at radius 1 is 1.14 bits per heavy atom. The molecule has 0 radical (unpaired) electrons. The number of nitrogens with one attached hydrogen (secondary N) is 1.